The van der Waals surface area contributed by atoms with Crippen molar-refractivity contribution < 1.29 is 24.5 Å². The molecule has 3 amide bonds. The maximum Gasteiger partial charge on any atom is 0.315 e. The quantitative estimate of drug-likeness (QED) is 0.166. The van der Waals surface area contributed by atoms with Crippen LogP contribution in [0.25, 0.3) is 0 Å². The molecule has 0 aromatic rings. The molecule has 4 rings (SSSR count). The average molecular weight is 555 g/mol. The van der Waals surface area contributed by atoms with E-state index in [2.05, 4.69) is 47.4 Å². The number of hydrogen-bond donors (Lipinski definition) is 8. The Labute approximate surface area is 231 Å². The van der Waals surface area contributed by atoms with E-state index in [1.165, 1.54) is 6.92 Å². The lowest BCUT2D eigenvalue weighted by Crippen LogP contribution is -2.68. The van der Waals surface area contributed by atoms with Gasteiger partial charge in [-0.25, -0.2) is 9.69 Å². The SMILES string of the molecule is CC(=O)N(CCCNC(=O)NC1CCC(C(C)(C)C)CC1)C[C@H]1O[C@@H](N2CNC3C(N)NCNC32)[C@H](O)[C@@H]1O. The molecule has 224 valence electrons. The first-order chi connectivity index (χ1) is 18.5. The number of nitrogens with one attached hydrogen (secondary N) is 5. The molecule has 1 aliphatic carbocycles. The fourth-order valence-corrected chi connectivity index (χ4v) is 6.41. The Bertz CT molecular complexity index is 836. The molecule has 0 spiro atoms. The lowest BCUT2D eigenvalue weighted by Gasteiger charge is -2.38. The summed E-state index contributed by atoms with van der Waals surface area (Å²) in [5, 5.41) is 37.3. The molecule has 3 heterocycles. The van der Waals surface area contributed by atoms with Gasteiger partial charge >= 0.3 is 6.03 Å². The lowest BCUT2D eigenvalue weighted by molar-refractivity contribution is -0.134. The molecule has 0 bridgehead atoms. The molecule has 13 heteroatoms. The third kappa shape index (κ3) is 7.39. The first-order valence-corrected chi connectivity index (χ1v) is 14.5. The van der Waals surface area contributed by atoms with Crippen molar-refractivity contribution in [3.05, 3.63) is 0 Å². The topological polar surface area (TPSA) is 176 Å². The lowest BCUT2D eigenvalue weighted by atomic mass is 9.71. The zero-order valence-corrected chi connectivity index (χ0v) is 23.9. The Morgan fingerprint density at radius 1 is 1.10 bits per heavy atom. The van der Waals surface area contributed by atoms with E-state index in [0.29, 0.717) is 44.2 Å². The van der Waals surface area contributed by atoms with Crippen molar-refractivity contribution in [2.24, 2.45) is 17.1 Å². The smallest absolute Gasteiger partial charge is 0.315 e. The highest BCUT2D eigenvalue weighted by Crippen LogP contribution is 2.37. The number of urea groups is 1. The highest BCUT2D eigenvalue weighted by atomic mass is 16.6. The summed E-state index contributed by atoms with van der Waals surface area (Å²) in [6.07, 6.45) is 0.696. The van der Waals surface area contributed by atoms with Crippen molar-refractivity contribution in [3.8, 4) is 0 Å². The van der Waals surface area contributed by atoms with Crippen LogP contribution in [0.2, 0.25) is 0 Å². The standard InChI is InChI=1S/C26H50N8O5/c1-15(35)33(11-5-10-28-25(38)32-17-8-6-16(7-9-17)26(2,3)4)12-18-20(36)21(37)24(39-18)34-14-31-19-22(27)29-13-30-23(19)34/h16-24,29-31,36-37H,5-14,27H2,1-4H3,(H2,28,32,38)/t16?,17?,18-,19?,20-,21-,22?,23?,24-/m1/s1. The summed E-state index contributed by atoms with van der Waals surface area (Å²) in [7, 11) is 0. The van der Waals surface area contributed by atoms with Crippen molar-refractivity contribution in [2.75, 3.05) is 33.0 Å². The molecule has 7 atom stereocenters. The summed E-state index contributed by atoms with van der Waals surface area (Å²) in [5.41, 5.74) is 6.45. The molecule has 4 fully saturated rings. The number of ether oxygens (including phenoxy) is 1. The summed E-state index contributed by atoms with van der Waals surface area (Å²) in [4.78, 5) is 28.3. The number of aliphatic hydroxyl groups excluding tert-OH is 2. The zero-order valence-electron chi connectivity index (χ0n) is 23.9. The zero-order chi connectivity index (χ0) is 28.3. The van der Waals surface area contributed by atoms with Crippen molar-refractivity contribution in [1.29, 1.82) is 0 Å². The van der Waals surface area contributed by atoms with Crippen LogP contribution < -0.4 is 32.3 Å². The van der Waals surface area contributed by atoms with Gasteiger partial charge in [0, 0.05) is 39.3 Å². The summed E-state index contributed by atoms with van der Waals surface area (Å²) >= 11 is 0. The molecule has 3 saturated heterocycles. The highest BCUT2D eigenvalue weighted by molar-refractivity contribution is 5.74. The Morgan fingerprint density at radius 3 is 2.49 bits per heavy atom. The van der Waals surface area contributed by atoms with Crippen LogP contribution in [0.1, 0.15) is 59.8 Å². The molecule has 4 aliphatic rings. The number of nitrogens with two attached hydrogens (primary N) is 1. The van der Waals surface area contributed by atoms with E-state index in [0.717, 1.165) is 25.7 Å². The Balaban J connectivity index is 1.19. The molecular formula is C26H50N8O5. The summed E-state index contributed by atoms with van der Waals surface area (Å²) < 4.78 is 6.10. The average Bonchev–Trinajstić information content (AvgIpc) is 3.42. The van der Waals surface area contributed by atoms with Crippen LogP contribution in [-0.2, 0) is 9.53 Å². The van der Waals surface area contributed by atoms with Gasteiger partial charge in [-0.1, -0.05) is 20.8 Å². The van der Waals surface area contributed by atoms with Gasteiger partial charge in [-0.05, 0) is 43.4 Å². The van der Waals surface area contributed by atoms with Gasteiger partial charge in [0.15, 0.2) is 0 Å². The number of fused-ring (bicyclic) bond motifs is 1. The molecule has 3 aliphatic heterocycles. The normalized spacial score (nSPS) is 37.4. The first-order valence-electron chi connectivity index (χ1n) is 14.5. The maximum absolute atomic E-state index is 12.4. The summed E-state index contributed by atoms with van der Waals surface area (Å²) in [5.74, 6) is 0.538. The number of amides is 3. The van der Waals surface area contributed by atoms with E-state index in [4.69, 9.17) is 10.5 Å². The minimum absolute atomic E-state index is 0.0670. The molecule has 0 aromatic heterocycles. The molecule has 13 nitrogen and oxygen atoms in total. The Hall–Kier alpha value is -1.58. The fourth-order valence-electron chi connectivity index (χ4n) is 6.41. The monoisotopic (exact) mass is 554 g/mol. The first kappa shape index (κ1) is 30.4. The molecular weight excluding hydrogens is 504 g/mol. The molecule has 3 unspecified atom stereocenters. The van der Waals surface area contributed by atoms with Gasteiger partial charge in [-0.15, -0.1) is 0 Å². The Kier molecular flexibility index (Phi) is 10.1. The van der Waals surface area contributed by atoms with Gasteiger partial charge in [0.1, 0.15) is 24.5 Å². The molecule has 0 radical (unpaired) electrons. The van der Waals surface area contributed by atoms with Gasteiger partial charge in [-0.2, -0.15) is 0 Å². The van der Waals surface area contributed by atoms with Gasteiger partial charge in [0.2, 0.25) is 5.91 Å². The summed E-state index contributed by atoms with van der Waals surface area (Å²) in [6, 6.07) is -0.0369. The van der Waals surface area contributed by atoms with Gasteiger partial charge in [0.25, 0.3) is 0 Å². The van der Waals surface area contributed by atoms with Gasteiger partial charge < -0.3 is 36.2 Å². The van der Waals surface area contributed by atoms with Crippen LogP contribution in [0.15, 0.2) is 0 Å². The molecule has 1 saturated carbocycles. The number of aliphatic hydroxyl groups is 2. The van der Waals surface area contributed by atoms with Crippen LogP contribution >= 0.6 is 0 Å². The van der Waals surface area contributed by atoms with E-state index >= 15 is 0 Å². The summed E-state index contributed by atoms with van der Waals surface area (Å²) in [6.45, 7) is 10.3. The van der Waals surface area contributed by atoms with Crippen molar-refractivity contribution in [2.45, 2.75) is 109 Å². The largest absolute Gasteiger partial charge is 0.387 e. The number of carbonyl (C=O) groups excluding carboxylic acids is 2. The number of carbonyl (C=O) groups is 2. The van der Waals surface area contributed by atoms with E-state index in [9.17, 15) is 19.8 Å². The second-order valence-electron chi connectivity index (χ2n) is 12.6. The van der Waals surface area contributed by atoms with Crippen molar-refractivity contribution in [3.63, 3.8) is 0 Å². The fraction of sp³-hybridized carbons (Fsp3) is 0.923. The third-order valence-electron chi connectivity index (χ3n) is 8.93. The second-order valence-corrected chi connectivity index (χ2v) is 12.6. The minimum atomic E-state index is -1.14. The maximum atomic E-state index is 12.4. The van der Waals surface area contributed by atoms with E-state index < -0.39 is 24.5 Å². The van der Waals surface area contributed by atoms with Crippen LogP contribution in [0, 0.1) is 11.3 Å². The molecule has 0 aromatic carbocycles. The van der Waals surface area contributed by atoms with Crippen molar-refractivity contribution in [1.82, 2.24) is 36.4 Å². The van der Waals surface area contributed by atoms with Crippen LogP contribution in [0.4, 0.5) is 4.79 Å². The van der Waals surface area contributed by atoms with Gasteiger partial charge in [0.05, 0.1) is 25.0 Å². The number of nitrogens with zero attached hydrogens (tertiary/aromatic N) is 2. The number of rotatable bonds is 8. The van der Waals surface area contributed by atoms with Crippen LogP contribution in [-0.4, -0.2) is 114 Å². The molecule has 39 heavy (non-hydrogen) atoms. The Morgan fingerprint density at radius 2 is 1.82 bits per heavy atom. The second kappa shape index (κ2) is 12.9. The van der Waals surface area contributed by atoms with Gasteiger partial charge in [-0.3, -0.25) is 20.7 Å². The van der Waals surface area contributed by atoms with Crippen LogP contribution in [0.3, 0.4) is 0 Å². The third-order valence-corrected chi connectivity index (χ3v) is 8.93. The molecule has 9 N–H and O–H groups in total. The van der Waals surface area contributed by atoms with Crippen molar-refractivity contribution >= 4 is 11.9 Å². The predicted octanol–water partition coefficient (Wildman–Crippen LogP) is -1.43. The number of hydrogen-bond acceptors (Lipinski definition) is 10. The highest BCUT2D eigenvalue weighted by Gasteiger charge is 2.51. The minimum Gasteiger partial charge on any atom is -0.387 e. The van der Waals surface area contributed by atoms with E-state index in [-0.39, 0.29) is 42.9 Å². The van der Waals surface area contributed by atoms with E-state index in [1.54, 1.807) is 4.90 Å². The van der Waals surface area contributed by atoms with E-state index in [1.807, 2.05) is 4.90 Å². The predicted molar refractivity (Wildman–Crippen MR) is 146 cm³/mol. The van der Waals surface area contributed by atoms with Crippen LogP contribution in [0.5, 0.6) is 0 Å².